The molecule has 0 spiro atoms. The van der Waals surface area contributed by atoms with Gasteiger partial charge in [0.2, 0.25) is 0 Å². The molecule has 4 nitrogen and oxygen atoms in total. The minimum atomic E-state index is -3.22. The quantitative estimate of drug-likeness (QED) is 0.811. The van der Waals surface area contributed by atoms with Crippen molar-refractivity contribution in [2.24, 2.45) is 0 Å². The third-order valence-corrected chi connectivity index (χ3v) is 1.65. The number of halogens is 3. The van der Waals surface area contributed by atoms with E-state index in [1.165, 1.54) is 0 Å². The molecular weight excluding hydrogens is 215 g/mol. The van der Waals surface area contributed by atoms with Gasteiger partial charge in [0.15, 0.2) is 5.82 Å². The number of aromatic nitrogens is 1. The number of carboxylic acid groups (broad SMARTS) is 1. The molecule has 1 rings (SSSR count). The van der Waals surface area contributed by atoms with Crippen molar-refractivity contribution >= 4 is 5.97 Å². The summed E-state index contributed by atoms with van der Waals surface area (Å²) >= 11 is 0. The van der Waals surface area contributed by atoms with Gasteiger partial charge < -0.3 is 10.2 Å². The number of carbonyl (C=O) groups is 1. The van der Waals surface area contributed by atoms with Crippen LogP contribution < -0.4 is 0 Å². The largest absolute Gasteiger partial charge is 0.506 e. The number of aliphatic carboxylic acids is 1. The van der Waals surface area contributed by atoms with Gasteiger partial charge in [-0.05, 0) is 0 Å². The Bertz CT molecular complexity index is 395. The lowest BCUT2D eigenvalue weighted by Gasteiger charge is -2.07. The van der Waals surface area contributed by atoms with E-state index >= 15 is 0 Å². The number of alkyl halides is 2. The third-order valence-electron chi connectivity index (χ3n) is 1.65. The lowest BCUT2D eigenvalue weighted by Crippen LogP contribution is -2.07. The van der Waals surface area contributed by atoms with Crippen LogP contribution in [0.15, 0.2) is 6.20 Å². The van der Waals surface area contributed by atoms with Crippen LogP contribution >= 0.6 is 0 Å². The monoisotopic (exact) mass is 221 g/mol. The first-order valence-electron chi connectivity index (χ1n) is 3.79. The maximum absolute atomic E-state index is 13.2. The smallest absolute Gasteiger partial charge is 0.309 e. The van der Waals surface area contributed by atoms with Gasteiger partial charge in [-0.15, -0.1) is 0 Å². The predicted octanol–water partition coefficient (Wildman–Crippen LogP) is 1.49. The fourth-order valence-electron chi connectivity index (χ4n) is 1.01. The van der Waals surface area contributed by atoms with Gasteiger partial charge in [0.1, 0.15) is 5.75 Å². The molecule has 0 aliphatic carbocycles. The van der Waals surface area contributed by atoms with E-state index in [1.54, 1.807) is 0 Å². The summed E-state index contributed by atoms with van der Waals surface area (Å²) in [5.74, 6) is -3.86. The maximum Gasteiger partial charge on any atom is 0.309 e. The van der Waals surface area contributed by atoms with Crippen molar-refractivity contribution < 1.29 is 28.2 Å². The van der Waals surface area contributed by atoms with E-state index in [0.29, 0.717) is 6.20 Å². The Hall–Kier alpha value is -1.79. The molecule has 0 aromatic carbocycles. The molecule has 0 amide bonds. The normalized spacial score (nSPS) is 10.7. The molecule has 0 bridgehead atoms. The van der Waals surface area contributed by atoms with Crippen LogP contribution in [0.3, 0.4) is 0 Å². The molecular formula is C8H6F3NO3. The van der Waals surface area contributed by atoms with E-state index in [0.717, 1.165) is 0 Å². The van der Waals surface area contributed by atoms with Gasteiger partial charge in [0.25, 0.3) is 6.43 Å². The van der Waals surface area contributed by atoms with E-state index in [4.69, 9.17) is 10.2 Å². The van der Waals surface area contributed by atoms with Crippen LogP contribution in [0.4, 0.5) is 13.2 Å². The van der Waals surface area contributed by atoms with Crippen molar-refractivity contribution in [3.63, 3.8) is 0 Å². The molecule has 0 saturated carbocycles. The minimum Gasteiger partial charge on any atom is -0.506 e. The van der Waals surface area contributed by atoms with Crippen molar-refractivity contribution in [3.05, 3.63) is 23.3 Å². The Morgan fingerprint density at radius 2 is 2.13 bits per heavy atom. The second-order valence-corrected chi connectivity index (χ2v) is 2.69. The molecule has 1 heterocycles. The highest BCUT2D eigenvalue weighted by atomic mass is 19.3. The molecule has 1 aromatic rings. The van der Waals surface area contributed by atoms with E-state index < -0.39 is 41.6 Å². The van der Waals surface area contributed by atoms with E-state index in [1.807, 2.05) is 0 Å². The fourth-order valence-corrected chi connectivity index (χ4v) is 1.01. The van der Waals surface area contributed by atoms with Crippen LogP contribution in [0.2, 0.25) is 0 Å². The highest BCUT2D eigenvalue weighted by molar-refractivity contribution is 5.69. The molecule has 0 saturated heterocycles. The maximum atomic E-state index is 13.2. The first-order chi connectivity index (χ1) is 6.93. The lowest BCUT2D eigenvalue weighted by atomic mass is 10.1. The summed E-state index contributed by atoms with van der Waals surface area (Å²) in [5.41, 5.74) is -1.85. The highest BCUT2D eigenvalue weighted by Crippen LogP contribution is 2.31. The Kier molecular flexibility index (Phi) is 3.13. The van der Waals surface area contributed by atoms with Gasteiger partial charge in [0, 0.05) is 0 Å². The second-order valence-electron chi connectivity index (χ2n) is 2.69. The summed E-state index contributed by atoms with van der Waals surface area (Å²) in [7, 11) is 0. The van der Waals surface area contributed by atoms with Crippen molar-refractivity contribution in [2.45, 2.75) is 12.8 Å². The molecule has 15 heavy (non-hydrogen) atoms. The average molecular weight is 221 g/mol. The summed E-state index contributed by atoms with van der Waals surface area (Å²) in [6.07, 6.45) is -3.44. The molecule has 82 valence electrons. The summed E-state index contributed by atoms with van der Waals surface area (Å²) in [6.45, 7) is 0. The van der Waals surface area contributed by atoms with Gasteiger partial charge in [-0.3, -0.25) is 9.78 Å². The number of nitrogens with zero attached hydrogens (tertiary/aromatic N) is 1. The molecule has 0 aliphatic rings. The second kappa shape index (κ2) is 4.16. The van der Waals surface area contributed by atoms with Crippen LogP contribution in [0.5, 0.6) is 5.75 Å². The molecule has 0 fully saturated rings. The first kappa shape index (κ1) is 11.3. The number of hydrogen-bond donors (Lipinski definition) is 2. The molecule has 0 unspecified atom stereocenters. The fraction of sp³-hybridized carbons (Fsp3) is 0.250. The SMILES string of the molecule is O=C(O)Cc1ncc(O)c(C(F)F)c1F. The molecule has 2 N–H and O–H groups in total. The van der Waals surface area contributed by atoms with Crippen molar-refractivity contribution in [3.8, 4) is 5.75 Å². The van der Waals surface area contributed by atoms with E-state index in [2.05, 4.69) is 4.98 Å². The van der Waals surface area contributed by atoms with Crippen LogP contribution in [0.25, 0.3) is 0 Å². The topological polar surface area (TPSA) is 70.4 Å². The van der Waals surface area contributed by atoms with Crippen LogP contribution in [0.1, 0.15) is 17.7 Å². The number of carboxylic acids is 1. The van der Waals surface area contributed by atoms with Crippen LogP contribution in [-0.2, 0) is 11.2 Å². The highest BCUT2D eigenvalue weighted by Gasteiger charge is 2.23. The molecule has 7 heteroatoms. The number of aromatic hydroxyl groups is 1. The summed E-state index contributed by atoms with van der Waals surface area (Å²) in [5, 5.41) is 17.2. The Morgan fingerprint density at radius 3 is 2.60 bits per heavy atom. The summed E-state index contributed by atoms with van der Waals surface area (Å²) in [4.78, 5) is 13.5. The standard InChI is InChI=1S/C8H6F3NO3/c9-7-3(1-5(14)15)12-2-4(13)6(7)8(10)11/h2,8,13H,1H2,(H,14,15). The lowest BCUT2D eigenvalue weighted by molar-refractivity contribution is -0.136. The third kappa shape index (κ3) is 2.36. The minimum absolute atomic E-state index is 0.600. The van der Waals surface area contributed by atoms with E-state index in [9.17, 15) is 18.0 Å². The molecule has 0 aliphatic heterocycles. The predicted molar refractivity (Wildman–Crippen MR) is 42.2 cm³/mol. The van der Waals surface area contributed by atoms with Gasteiger partial charge in [-0.25, -0.2) is 13.2 Å². The first-order valence-corrected chi connectivity index (χ1v) is 3.79. The summed E-state index contributed by atoms with van der Waals surface area (Å²) < 4.78 is 37.6. The summed E-state index contributed by atoms with van der Waals surface area (Å²) in [6, 6.07) is 0. The van der Waals surface area contributed by atoms with Gasteiger partial charge in [0.05, 0.1) is 23.9 Å². The number of rotatable bonds is 3. The Balaban J connectivity index is 3.22. The zero-order valence-electron chi connectivity index (χ0n) is 7.25. The molecule has 0 radical (unpaired) electrons. The van der Waals surface area contributed by atoms with Crippen molar-refractivity contribution in [2.75, 3.05) is 0 Å². The van der Waals surface area contributed by atoms with Crippen LogP contribution in [0, 0.1) is 5.82 Å². The average Bonchev–Trinajstić information content (AvgIpc) is 2.09. The van der Waals surface area contributed by atoms with Crippen LogP contribution in [-0.4, -0.2) is 21.2 Å². The zero-order chi connectivity index (χ0) is 11.6. The van der Waals surface area contributed by atoms with Crippen molar-refractivity contribution in [1.29, 1.82) is 0 Å². The molecule has 1 aromatic heterocycles. The Labute approximate surface area is 82.0 Å². The molecule has 0 atom stereocenters. The van der Waals surface area contributed by atoms with E-state index in [-0.39, 0.29) is 0 Å². The Morgan fingerprint density at radius 1 is 1.53 bits per heavy atom. The number of hydrogen-bond acceptors (Lipinski definition) is 3. The van der Waals surface area contributed by atoms with Gasteiger partial charge in [-0.1, -0.05) is 0 Å². The zero-order valence-corrected chi connectivity index (χ0v) is 7.25. The number of pyridine rings is 1. The van der Waals surface area contributed by atoms with Gasteiger partial charge >= 0.3 is 5.97 Å². The van der Waals surface area contributed by atoms with Crippen molar-refractivity contribution in [1.82, 2.24) is 4.98 Å². The van der Waals surface area contributed by atoms with Gasteiger partial charge in [-0.2, -0.15) is 0 Å².